The Morgan fingerprint density at radius 3 is 2.82 bits per heavy atom. The number of carbonyl (C=O) groups excluding carboxylic acids is 1. The Kier molecular flexibility index (Phi) is 5.62. The summed E-state index contributed by atoms with van der Waals surface area (Å²) in [6.07, 6.45) is 0.619. The highest BCUT2D eigenvalue weighted by atomic mass is 35.5. The van der Waals surface area contributed by atoms with Gasteiger partial charge in [-0.15, -0.1) is 11.3 Å². The zero-order chi connectivity index (χ0) is 16.2. The number of nitrogens with one attached hydrogen (secondary N) is 1. The normalized spacial score (nSPS) is 15.1. The summed E-state index contributed by atoms with van der Waals surface area (Å²) in [5, 5.41) is 15.8. The van der Waals surface area contributed by atoms with Gasteiger partial charge >= 0.3 is 0 Å². The molecule has 1 amide bonds. The molecule has 2 N–H and O–H groups in total. The van der Waals surface area contributed by atoms with Gasteiger partial charge in [0.2, 0.25) is 5.91 Å². The van der Waals surface area contributed by atoms with Gasteiger partial charge in [-0.25, -0.2) is 0 Å². The first-order valence-corrected chi connectivity index (χ1v) is 8.43. The maximum absolute atomic E-state index is 12.2. The molecule has 0 saturated heterocycles. The van der Waals surface area contributed by atoms with E-state index >= 15 is 0 Å². The minimum atomic E-state index is -1.04. The van der Waals surface area contributed by atoms with Gasteiger partial charge in [0.25, 0.3) is 0 Å². The van der Waals surface area contributed by atoms with E-state index in [0.717, 1.165) is 10.4 Å². The van der Waals surface area contributed by atoms with Crippen LogP contribution < -0.4 is 5.32 Å². The smallest absolute Gasteiger partial charge is 0.223 e. The lowest BCUT2D eigenvalue weighted by Gasteiger charge is -2.23. The molecule has 2 atom stereocenters. The number of carbonyl (C=O) groups is 1. The Labute approximate surface area is 139 Å². The zero-order valence-electron chi connectivity index (χ0n) is 12.7. The van der Waals surface area contributed by atoms with Gasteiger partial charge < -0.3 is 10.4 Å². The van der Waals surface area contributed by atoms with Crippen molar-refractivity contribution in [2.75, 3.05) is 6.54 Å². The maximum Gasteiger partial charge on any atom is 0.223 e. The zero-order valence-corrected chi connectivity index (χ0v) is 14.2. The minimum Gasteiger partial charge on any atom is -0.383 e. The molecule has 3 nitrogen and oxygen atoms in total. The van der Waals surface area contributed by atoms with E-state index in [1.807, 2.05) is 48.7 Å². The lowest BCUT2D eigenvalue weighted by atomic mass is 9.99. The fourth-order valence-electron chi connectivity index (χ4n) is 2.22. The van der Waals surface area contributed by atoms with Crippen LogP contribution >= 0.6 is 22.9 Å². The molecule has 1 heterocycles. The molecule has 0 bridgehead atoms. The number of benzene rings is 1. The quantitative estimate of drug-likeness (QED) is 0.846. The van der Waals surface area contributed by atoms with E-state index in [4.69, 9.17) is 11.6 Å². The second kappa shape index (κ2) is 7.27. The first kappa shape index (κ1) is 17.0. The topological polar surface area (TPSA) is 49.3 Å². The minimum absolute atomic E-state index is 0.0724. The molecule has 1 aromatic heterocycles. The summed E-state index contributed by atoms with van der Waals surface area (Å²) in [5.74, 6) is -0.255. The molecule has 5 heteroatoms. The third-order valence-corrected chi connectivity index (χ3v) is 4.90. The molecule has 0 aliphatic heterocycles. The molecule has 0 saturated carbocycles. The highest BCUT2D eigenvalue weighted by Gasteiger charge is 2.25. The van der Waals surface area contributed by atoms with E-state index in [1.165, 1.54) is 11.3 Å². The third kappa shape index (κ3) is 4.57. The number of aliphatic hydroxyl groups is 1. The molecule has 2 rings (SSSR count). The molecule has 1 aromatic carbocycles. The molecule has 0 radical (unpaired) electrons. The monoisotopic (exact) mass is 337 g/mol. The van der Waals surface area contributed by atoms with Crippen LogP contribution in [0.2, 0.25) is 5.02 Å². The fraction of sp³-hybridized carbons (Fsp3) is 0.353. The average Bonchev–Trinajstić information content (AvgIpc) is 3.00. The second-order valence-corrected chi connectivity index (χ2v) is 7.09. The first-order chi connectivity index (χ1) is 10.4. The maximum atomic E-state index is 12.2. The van der Waals surface area contributed by atoms with Crippen LogP contribution in [0.4, 0.5) is 0 Å². The number of amides is 1. The molecule has 2 unspecified atom stereocenters. The molecule has 0 spiro atoms. The van der Waals surface area contributed by atoms with Crippen molar-refractivity contribution in [1.29, 1.82) is 0 Å². The first-order valence-electron chi connectivity index (χ1n) is 7.17. The highest BCUT2D eigenvalue weighted by Crippen LogP contribution is 2.24. The fourth-order valence-corrected chi connectivity index (χ4v) is 3.22. The van der Waals surface area contributed by atoms with Crippen LogP contribution in [0.15, 0.2) is 41.8 Å². The molecule has 0 aliphatic carbocycles. The van der Waals surface area contributed by atoms with E-state index < -0.39 is 5.60 Å². The molecule has 0 fully saturated rings. The van der Waals surface area contributed by atoms with E-state index in [-0.39, 0.29) is 18.4 Å². The molecule has 118 valence electrons. The Morgan fingerprint density at radius 1 is 1.41 bits per heavy atom. The lowest BCUT2D eigenvalue weighted by molar-refractivity contribution is -0.125. The van der Waals surface area contributed by atoms with Crippen LogP contribution in [-0.2, 0) is 16.8 Å². The predicted molar refractivity (Wildman–Crippen MR) is 91.2 cm³/mol. The Morgan fingerprint density at radius 2 is 2.18 bits per heavy atom. The Bertz CT molecular complexity index is 625. The summed E-state index contributed by atoms with van der Waals surface area (Å²) in [4.78, 5) is 13.0. The molecule has 22 heavy (non-hydrogen) atoms. The van der Waals surface area contributed by atoms with Crippen molar-refractivity contribution in [3.8, 4) is 0 Å². The van der Waals surface area contributed by atoms with Gasteiger partial charge in [0, 0.05) is 15.8 Å². The van der Waals surface area contributed by atoms with Crippen LogP contribution in [0.25, 0.3) is 0 Å². The molecule has 2 aromatic rings. The van der Waals surface area contributed by atoms with Crippen molar-refractivity contribution in [3.63, 3.8) is 0 Å². The van der Waals surface area contributed by atoms with Gasteiger partial charge in [-0.1, -0.05) is 36.7 Å². The summed E-state index contributed by atoms with van der Waals surface area (Å²) >= 11 is 7.43. The number of hydrogen-bond donors (Lipinski definition) is 2. The summed E-state index contributed by atoms with van der Waals surface area (Å²) in [6, 6.07) is 11.3. The van der Waals surface area contributed by atoms with Crippen molar-refractivity contribution < 1.29 is 9.90 Å². The van der Waals surface area contributed by atoms with Crippen molar-refractivity contribution in [2.45, 2.75) is 25.9 Å². The van der Waals surface area contributed by atoms with Crippen LogP contribution in [0.1, 0.15) is 24.3 Å². The van der Waals surface area contributed by atoms with Crippen molar-refractivity contribution in [2.24, 2.45) is 5.92 Å². The van der Waals surface area contributed by atoms with Gasteiger partial charge in [0.1, 0.15) is 5.60 Å². The lowest BCUT2D eigenvalue weighted by Crippen LogP contribution is -2.40. The van der Waals surface area contributed by atoms with Gasteiger partial charge in [0.15, 0.2) is 0 Å². The summed E-state index contributed by atoms with van der Waals surface area (Å²) in [5.41, 5.74) is -0.0141. The highest BCUT2D eigenvalue weighted by molar-refractivity contribution is 7.10. The molecular weight excluding hydrogens is 318 g/mol. The van der Waals surface area contributed by atoms with Gasteiger partial charge in [-0.2, -0.15) is 0 Å². The predicted octanol–water partition coefficient (Wildman–Crippen LogP) is 3.60. The van der Waals surface area contributed by atoms with Gasteiger partial charge in [-0.05, 0) is 42.5 Å². The standard InChI is InChI=1S/C17H20ClNO2S/c1-12(9-13-5-3-6-14(18)10-13)16(20)19-11-17(2,21)15-7-4-8-22-15/h3-8,10,12,21H,9,11H2,1-2H3,(H,19,20). The van der Waals surface area contributed by atoms with Crippen LogP contribution in [0.5, 0.6) is 0 Å². The van der Waals surface area contributed by atoms with E-state index in [1.54, 1.807) is 6.92 Å². The summed E-state index contributed by atoms with van der Waals surface area (Å²) < 4.78 is 0. The number of halogens is 1. The average molecular weight is 338 g/mol. The van der Waals surface area contributed by atoms with Crippen molar-refractivity contribution >= 4 is 28.8 Å². The van der Waals surface area contributed by atoms with E-state index in [2.05, 4.69) is 5.32 Å². The summed E-state index contributed by atoms with van der Waals surface area (Å²) in [6.45, 7) is 3.78. The second-order valence-electron chi connectivity index (χ2n) is 5.70. The van der Waals surface area contributed by atoms with Crippen LogP contribution in [-0.4, -0.2) is 17.6 Å². The van der Waals surface area contributed by atoms with Crippen molar-refractivity contribution in [3.05, 3.63) is 57.2 Å². The van der Waals surface area contributed by atoms with E-state index in [0.29, 0.717) is 11.4 Å². The van der Waals surface area contributed by atoms with Crippen LogP contribution in [0.3, 0.4) is 0 Å². The molecular formula is C17H20ClNO2S. The number of rotatable bonds is 6. The number of thiophene rings is 1. The van der Waals surface area contributed by atoms with E-state index in [9.17, 15) is 9.90 Å². The third-order valence-electron chi connectivity index (χ3n) is 3.54. The summed E-state index contributed by atoms with van der Waals surface area (Å²) in [7, 11) is 0. The molecule has 0 aliphatic rings. The SMILES string of the molecule is CC(Cc1cccc(Cl)c1)C(=O)NCC(C)(O)c1cccs1. The van der Waals surface area contributed by atoms with Gasteiger partial charge in [0.05, 0.1) is 6.54 Å². The van der Waals surface area contributed by atoms with Crippen molar-refractivity contribution in [1.82, 2.24) is 5.32 Å². The Hall–Kier alpha value is -1.36. The number of hydrogen-bond acceptors (Lipinski definition) is 3. The largest absolute Gasteiger partial charge is 0.383 e. The van der Waals surface area contributed by atoms with Crippen LogP contribution in [0, 0.1) is 5.92 Å². The van der Waals surface area contributed by atoms with Gasteiger partial charge in [-0.3, -0.25) is 4.79 Å². The Balaban J connectivity index is 1.89.